The van der Waals surface area contributed by atoms with Crippen molar-refractivity contribution in [2.45, 2.75) is 32.7 Å². The fraction of sp³-hybridized carbons (Fsp3) is 0.286. The first-order chi connectivity index (χ1) is 18.7. The summed E-state index contributed by atoms with van der Waals surface area (Å²) in [5, 5.41) is 3.14. The first kappa shape index (κ1) is 28.4. The largest absolute Gasteiger partial charge is 0.494 e. The van der Waals surface area contributed by atoms with E-state index in [1.165, 1.54) is 4.31 Å². The molecule has 1 aliphatic heterocycles. The molecule has 0 aromatic heterocycles. The highest BCUT2D eigenvalue weighted by molar-refractivity contribution is 7.97. The summed E-state index contributed by atoms with van der Waals surface area (Å²) in [5.41, 5.74) is 2.70. The number of fused-ring (bicyclic) bond motifs is 1. The standard InChI is InChI=1S/C28H31ClN4O5S/c1-3-32(21-13-15-22(16-14-21)38-4-2)27(34)25(19-20-9-6-5-7-10-20)30-28(35)31-39(36,37)33-18-17-23-24(29)11-8-12-26(23)33/h5-16,25H,3-4,17-19H2,1-2H3,(H2-,30,31,35,36,37)/p+1/t25-/m0/s1. The summed E-state index contributed by atoms with van der Waals surface area (Å²) < 4.78 is 32.9. The van der Waals surface area contributed by atoms with E-state index in [-0.39, 0.29) is 18.9 Å². The number of halogens is 1. The Labute approximate surface area is 234 Å². The van der Waals surface area contributed by atoms with Crippen molar-refractivity contribution >= 4 is 45.5 Å². The molecule has 3 amide bonds. The van der Waals surface area contributed by atoms with E-state index in [2.05, 4.69) is 10.0 Å². The van der Waals surface area contributed by atoms with E-state index in [1.807, 2.05) is 44.2 Å². The Kier molecular flexibility index (Phi) is 9.11. The van der Waals surface area contributed by atoms with Gasteiger partial charge in [0.1, 0.15) is 11.8 Å². The van der Waals surface area contributed by atoms with Crippen LogP contribution in [0.25, 0.3) is 0 Å². The first-order valence-electron chi connectivity index (χ1n) is 12.7. The lowest BCUT2D eigenvalue weighted by atomic mass is 10.0. The molecule has 0 aliphatic carbocycles. The molecule has 9 nitrogen and oxygen atoms in total. The van der Waals surface area contributed by atoms with Crippen molar-refractivity contribution in [3.05, 3.63) is 88.9 Å². The van der Waals surface area contributed by atoms with Crippen LogP contribution in [-0.4, -0.2) is 42.2 Å². The van der Waals surface area contributed by atoms with Gasteiger partial charge >= 0.3 is 16.6 Å². The number of nitrogens with one attached hydrogen (secondary N) is 2. The molecule has 3 aromatic carbocycles. The van der Waals surface area contributed by atoms with E-state index in [9.17, 15) is 18.4 Å². The van der Waals surface area contributed by atoms with E-state index in [1.54, 1.807) is 47.4 Å². The minimum atomic E-state index is -4.00. The predicted octanol–water partition coefficient (Wildman–Crippen LogP) is 4.87. The summed E-state index contributed by atoms with van der Waals surface area (Å²) >= 11 is 6.24. The van der Waals surface area contributed by atoms with Crippen LogP contribution in [0.5, 0.6) is 5.75 Å². The fourth-order valence-corrected chi connectivity index (χ4v) is 6.03. The third-order valence-corrected chi connectivity index (χ3v) is 8.16. The van der Waals surface area contributed by atoms with Crippen LogP contribution in [0, 0.1) is 0 Å². The van der Waals surface area contributed by atoms with Gasteiger partial charge in [-0.3, -0.25) is 4.79 Å². The van der Waals surface area contributed by atoms with Gasteiger partial charge in [-0.2, -0.15) is 0 Å². The lowest BCUT2D eigenvalue weighted by molar-refractivity contribution is -0.120. The molecule has 39 heavy (non-hydrogen) atoms. The zero-order valence-corrected chi connectivity index (χ0v) is 23.4. The maximum Gasteiger partial charge on any atom is 0.424 e. The maximum absolute atomic E-state index is 13.7. The number of nitrogens with zero attached hydrogens (tertiary/aromatic N) is 2. The Bertz CT molecular complexity index is 1360. The summed E-state index contributed by atoms with van der Waals surface area (Å²) in [6, 6.07) is 19.5. The summed E-state index contributed by atoms with van der Waals surface area (Å²) in [7, 11) is -4.00. The number of amides is 3. The van der Waals surface area contributed by atoms with Gasteiger partial charge in [-0.25, -0.2) is 4.79 Å². The van der Waals surface area contributed by atoms with Crippen LogP contribution in [0.3, 0.4) is 0 Å². The van der Waals surface area contributed by atoms with Gasteiger partial charge in [0.15, 0.2) is 0 Å². The van der Waals surface area contributed by atoms with Crippen molar-refractivity contribution in [1.29, 1.82) is 0 Å². The average molecular weight is 572 g/mol. The van der Waals surface area contributed by atoms with E-state index in [0.717, 1.165) is 11.1 Å². The van der Waals surface area contributed by atoms with Crippen LogP contribution in [0.1, 0.15) is 25.0 Å². The van der Waals surface area contributed by atoms with Crippen LogP contribution in [0.15, 0.2) is 72.8 Å². The van der Waals surface area contributed by atoms with Gasteiger partial charge in [0.05, 0.1) is 18.8 Å². The summed E-state index contributed by atoms with van der Waals surface area (Å²) in [5.74, 6) is 0.328. The second kappa shape index (κ2) is 12.5. The quantitative estimate of drug-likeness (QED) is 0.301. The van der Waals surface area contributed by atoms with E-state index in [4.69, 9.17) is 16.3 Å². The Morgan fingerprint density at radius 3 is 2.46 bits per heavy atom. The zero-order chi connectivity index (χ0) is 28.0. The molecule has 3 aromatic rings. The van der Waals surface area contributed by atoms with Crippen molar-refractivity contribution in [3.63, 3.8) is 0 Å². The maximum atomic E-state index is 13.7. The van der Waals surface area contributed by atoms with Crippen LogP contribution in [-0.2, 0) is 32.4 Å². The minimum absolute atomic E-state index is 0.190. The van der Waals surface area contributed by atoms with Gasteiger partial charge in [0.25, 0.3) is 0 Å². The van der Waals surface area contributed by atoms with Crippen LogP contribution < -0.4 is 24.0 Å². The summed E-state index contributed by atoms with van der Waals surface area (Å²) in [6.45, 7) is 4.82. The van der Waals surface area contributed by atoms with E-state index in [0.29, 0.717) is 41.7 Å². The van der Waals surface area contributed by atoms with Crippen molar-refractivity contribution < 1.29 is 23.1 Å². The average Bonchev–Trinajstić information content (AvgIpc) is 3.37. The molecular formula is C28H32ClN4O5S+. The van der Waals surface area contributed by atoms with Gasteiger partial charge in [0, 0.05) is 29.2 Å². The molecule has 1 unspecified atom stereocenters. The smallest absolute Gasteiger partial charge is 0.424 e. The molecule has 0 radical (unpaired) electrons. The Hall–Kier alpha value is -3.60. The highest BCUT2D eigenvalue weighted by atomic mass is 35.5. The van der Waals surface area contributed by atoms with Crippen molar-refractivity contribution in [2.75, 3.05) is 28.9 Å². The normalized spacial score (nSPS) is 14.6. The highest BCUT2D eigenvalue weighted by Crippen LogP contribution is 2.35. The third kappa shape index (κ3) is 6.70. The van der Waals surface area contributed by atoms with Crippen molar-refractivity contribution in [3.8, 4) is 5.75 Å². The van der Waals surface area contributed by atoms with Gasteiger partial charge in [0.2, 0.25) is 5.91 Å². The molecule has 3 N–H and O–H groups in total. The van der Waals surface area contributed by atoms with Gasteiger partial charge < -0.3 is 15.0 Å². The Morgan fingerprint density at radius 2 is 1.79 bits per heavy atom. The van der Waals surface area contributed by atoms with E-state index < -0.39 is 22.7 Å². The molecule has 4 rings (SSSR count). The fourth-order valence-electron chi connectivity index (χ4n) is 4.58. The predicted molar refractivity (Wildman–Crippen MR) is 154 cm³/mol. The molecule has 1 heterocycles. The number of rotatable bonds is 10. The molecule has 0 spiro atoms. The molecule has 206 valence electrons. The van der Waals surface area contributed by atoms with Crippen LogP contribution in [0.4, 0.5) is 16.2 Å². The first-order valence-corrected chi connectivity index (χ1v) is 14.6. The van der Waals surface area contributed by atoms with E-state index >= 15 is 0 Å². The third-order valence-electron chi connectivity index (χ3n) is 6.38. The molecule has 0 saturated heterocycles. The molecule has 0 saturated carbocycles. The number of anilines is 2. The van der Waals surface area contributed by atoms with Crippen LogP contribution in [0.2, 0.25) is 5.02 Å². The second-order valence-corrected chi connectivity index (χ2v) is 11.0. The number of carbonyl (C=O) groups excluding carboxylic acids is 2. The highest BCUT2D eigenvalue weighted by Gasteiger charge is 2.43. The molecular weight excluding hydrogens is 540 g/mol. The number of benzene rings is 3. The number of urea groups is 1. The monoisotopic (exact) mass is 571 g/mol. The molecule has 2 atom stereocenters. The lowest BCUT2D eigenvalue weighted by Crippen LogP contribution is -2.56. The number of hydrogen-bond donors (Lipinski definition) is 3. The SMILES string of the molecule is CCOc1ccc(N(CC)C(=O)[C@H](Cc2ccccc2)NC(=O)N[S+](=O)(O)N2CCc3c(Cl)cccc32)cc1. The second-order valence-electron chi connectivity index (χ2n) is 8.91. The molecule has 0 bridgehead atoms. The topological polar surface area (TPSA) is 111 Å². The van der Waals surface area contributed by atoms with Gasteiger partial charge in [-0.1, -0.05) is 48.0 Å². The molecule has 11 heteroatoms. The number of ether oxygens (including phenoxy) is 1. The van der Waals surface area contributed by atoms with Gasteiger partial charge in [-0.15, -0.1) is 13.6 Å². The van der Waals surface area contributed by atoms with Crippen molar-refractivity contribution in [1.82, 2.24) is 10.0 Å². The number of hydrogen-bond acceptors (Lipinski definition) is 4. The minimum Gasteiger partial charge on any atom is -0.494 e. The Morgan fingerprint density at radius 1 is 1.08 bits per heavy atom. The van der Waals surface area contributed by atoms with Crippen molar-refractivity contribution in [2.24, 2.45) is 0 Å². The molecule has 1 aliphatic rings. The number of carbonyl (C=O) groups is 2. The lowest BCUT2D eigenvalue weighted by Gasteiger charge is -2.27. The summed E-state index contributed by atoms with van der Waals surface area (Å²) in [6.07, 6.45) is 0.661. The van der Waals surface area contributed by atoms with Gasteiger partial charge in [-0.05, 0) is 66.4 Å². The zero-order valence-electron chi connectivity index (χ0n) is 21.8. The molecule has 0 fully saturated rings. The Balaban J connectivity index is 1.53. The number of likely N-dealkylation sites (N-methyl/N-ethyl adjacent to an activating group) is 1. The summed E-state index contributed by atoms with van der Waals surface area (Å²) in [4.78, 5) is 28.4. The van der Waals surface area contributed by atoms with Crippen LogP contribution >= 0.6 is 11.6 Å².